The van der Waals surface area contributed by atoms with Gasteiger partial charge in [-0.15, -0.1) is 0 Å². The molecule has 5 heteroatoms. The Balaban J connectivity index is 2.95. The molecule has 0 aromatic heterocycles. The molecule has 0 unspecified atom stereocenters. The molecule has 0 aliphatic heterocycles. The van der Waals surface area contributed by atoms with Gasteiger partial charge in [0.15, 0.2) is 0 Å². The maximum absolute atomic E-state index is 11.0. The summed E-state index contributed by atoms with van der Waals surface area (Å²) in [6.07, 6.45) is 0.191. The molecule has 1 aromatic carbocycles. The molecule has 0 spiro atoms. The molecule has 76 valence electrons. The van der Waals surface area contributed by atoms with Crippen LogP contribution in [0, 0.1) is 0 Å². The number of nitrogen functional groups attached to an aromatic ring is 1. The minimum absolute atomic E-state index is 0.191. The van der Waals surface area contributed by atoms with Crippen molar-refractivity contribution in [1.82, 2.24) is 0 Å². The Morgan fingerprint density at radius 1 is 1.64 bits per heavy atom. The highest BCUT2D eigenvalue weighted by Gasteiger charge is 2.08. The highest BCUT2D eigenvalue weighted by Crippen LogP contribution is 2.29. The van der Waals surface area contributed by atoms with Crippen molar-refractivity contribution in [2.45, 2.75) is 6.42 Å². The van der Waals surface area contributed by atoms with E-state index in [1.165, 1.54) is 7.11 Å². The molecule has 0 saturated carbocycles. The maximum Gasteiger partial charge on any atom is 0.309 e. The Kier molecular flexibility index (Phi) is 3.77. The number of ether oxygens (including phenoxy) is 1. The molecule has 0 radical (unpaired) electrons. The molecule has 0 saturated heterocycles. The number of methoxy groups -OCH3 is 1. The van der Waals surface area contributed by atoms with Crippen LogP contribution in [-0.2, 0) is 16.0 Å². The van der Waals surface area contributed by atoms with Gasteiger partial charge in [-0.2, -0.15) is 0 Å². The van der Waals surface area contributed by atoms with Crippen molar-refractivity contribution in [1.29, 1.82) is 0 Å². The van der Waals surface area contributed by atoms with Crippen molar-refractivity contribution in [3.8, 4) is 0 Å². The van der Waals surface area contributed by atoms with Gasteiger partial charge >= 0.3 is 5.97 Å². The van der Waals surface area contributed by atoms with Gasteiger partial charge in [0.05, 0.1) is 24.2 Å². The molecule has 0 atom stereocenters. The fourth-order valence-electron chi connectivity index (χ4n) is 1.01. The third-order valence-electron chi connectivity index (χ3n) is 1.69. The topological polar surface area (TPSA) is 52.3 Å². The van der Waals surface area contributed by atoms with Crippen molar-refractivity contribution in [2.24, 2.45) is 0 Å². The minimum Gasteiger partial charge on any atom is -0.469 e. The zero-order valence-electron chi connectivity index (χ0n) is 7.51. The molecule has 3 nitrogen and oxygen atoms in total. The van der Waals surface area contributed by atoms with Crippen LogP contribution in [0.1, 0.15) is 5.56 Å². The normalized spacial score (nSPS) is 9.93. The zero-order valence-corrected chi connectivity index (χ0v) is 9.85. The molecule has 1 aromatic rings. The van der Waals surface area contributed by atoms with Gasteiger partial charge in [0.1, 0.15) is 0 Å². The van der Waals surface area contributed by atoms with E-state index in [2.05, 4.69) is 20.7 Å². The van der Waals surface area contributed by atoms with Gasteiger partial charge in [0.2, 0.25) is 0 Å². The summed E-state index contributed by atoms with van der Waals surface area (Å²) in [5.74, 6) is -0.307. The predicted octanol–water partition coefficient (Wildman–Crippen LogP) is 2.40. The maximum atomic E-state index is 11.0. The second-order valence-corrected chi connectivity index (χ2v) is 3.97. The number of hydrogen-bond acceptors (Lipinski definition) is 3. The summed E-state index contributed by atoms with van der Waals surface area (Å²) in [4.78, 5) is 11.0. The Bertz CT molecular complexity index is 345. The molecule has 1 rings (SSSR count). The lowest BCUT2D eigenvalue weighted by Crippen LogP contribution is -2.05. The van der Waals surface area contributed by atoms with Crippen molar-refractivity contribution in [3.63, 3.8) is 0 Å². The van der Waals surface area contributed by atoms with E-state index in [0.717, 1.165) is 5.56 Å². The highest BCUT2D eigenvalue weighted by atomic mass is 79.9. The Morgan fingerprint density at radius 3 is 2.79 bits per heavy atom. The Hall–Kier alpha value is -0.740. The summed E-state index contributed by atoms with van der Waals surface area (Å²) in [5, 5.41) is 0.457. The average molecular weight is 279 g/mol. The number of rotatable bonds is 2. The minimum atomic E-state index is -0.307. The van der Waals surface area contributed by atoms with Gasteiger partial charge in [0, 0.05) is 4.47 Å². The van der Waals surface area contributed by atoms with E-state index in [-0.39, 0.29) is 12.4 Å². The van der Waals surface area contributed by atoms with Gasteiger partial charge in [0.25, 0.3) is 0 Å². The van der Waals surface area contributed by atoms with Gasteiger partial charge in [-0.25, -0.2) is 0 Å². The van der Waals surface area contributed by atoms with E-state index in [1.54, 1.807) is 12.1 Å². The van der Waals surface area contributed by atoms with Crippen molar-refractivity contribution < 1.29 is 9.53 Å². The van der Waals surface area contributed by atoms with Crippen LogP contribution in [-0.4, -0.2) is 13.1 Å². The summed E-state index contributed by atoms with van der Waals surface area (Å²) < 4.78 is 5.21. The summed E-state index contributed by atoms with van der Waals surface area (Å²) in [6, 6.07) is 3.40. The molecule has 0 fully saturated rings. The highest BCUT2D eigenvalue weighted by molar-refractivity contribution is 9.10. The van der Waals surface area contributed by atoms with Crippen LogP contribution in [0.3, 0.4) is 0 Å². The third kappa shape index (κ3) is 2.62. The quantitative estimate of drug-likeness (QED) is 0.667. The van der Waals surface area contributed by atoms with E-state index in [1.807, 2.05) is 0 Å². The fourth-order valence-corrected chi connectivity index (χ4v) is 1.64. The molecule has 0 aliphatic rings. The van der Waals surface area contributed by atoms with Crippen molar-refractivity contribution in [2.75, 3.05) is 12.8 Å². The van der Waals surface area contributed by atoms with Crippen LogP contribution in [0.2, 0.25) is 5.02 Å². The average Bonchev–Trinajstić information content (AvgIpc) is 2.14. The molecule has 0 aliphatic carbocycles. The Labute approximate surface area is 95.3 Å². The standard InChI is InChI=1S/C9H9BrClNO2/c1-14-8(13)4-5-2-6(10)9(11)7(12)3-5/h2-3H,4,12H2,1H3. The number of benzene rings is 1. The SMILES string of the molecule is COC(=O)Cc1cc(N)c(Cl)c(Br)c1. The van der Waals surface area contributed by atoms with Crippen LogP contribution in [0.25, 0.3) is 0 Å². The van der Waals surface area contributed by atoms with Crippen molar-refractivity contribution in [3.05, 3.63) is 27.2 Å². The van der Waals surface area contributed by atoms with E-state index < -0.39 is 0 Å². The largest absolute Gasteiger partial charge is 0.469 e. The van der Waals surface area contributed by atoms with Gasteiger partial charge in [-0.1, -0.05) is 11.6 Å². The molecule has 14 heavy (non-hydrogen) atoms. The van der Waals surface area contributed by atoms with Crippen LogP contribution in [0.15, 0.2) is 16.6 Å². The molecular formula is C9H9BrClNO2. The molecule has 0 heterocycles. The number of carbonyl (C=O) groups is 1. The first-order valence-corrected chi connectivity index (χ1v) is 5.02. The molecule has 0 bridgehead atoms. The molecule has 2 N–H and O–H groups in total. The zero-order chi connectivity index (χ0) is 10.7. The number of nitrogens with two attached hydrogens (primary N) is 1. The summed E-state index contributed by atoms with van der Waals surface area (Å²) >= 11 is 9.08. The second kappa shape index (κ2) is 4.66. The van der Waals surface area contributed by atoms with Gasteiger partial charge < -0.3 is 10.5 Å². The lowest BCUT2D eigenvalue weighted by Gasteiger charge is -2.05. The van der Waals surface area contributed by atoms with Crippen LogP contribution >= 0.6 is 27.5 Å². The lowest BCUT2D eigenvalue weighted by atomic mass is 10.1. The monoisotopic (exact) mass is 277 g/mol. The number of anilines is 1. The Morgan fingerprint density at radius 2 is 2.29 bits per heavy atom. The van der Waals surface area contributed by atoms with E-state index >= 15 is 0 Å². The summed E-state index contributed by atoms with van der Waals surface area (Å²) in [6.45, 7) is 0. The third-order valence-corrected chi connectivity index (χ3v) is 2.97. The predicted molar refractivity (Wildman–Crippen MR) is 59.3 cm³/mol. The number of carbonyl (C=O) groups excluding carboxylic acids is 1. The summed E-state index contributed by atoms with van der Waals surface area (Å²) in [7, 11) is 1.34. The van der Waals surface area contributed by atoms with Gasteiger partial charge in [-0.3, -0.25) is 4.79 Å². The van der Waals surface area contributed by atoms with E-state index in [9.17, 15) is 4.79 Å². The number of esters is 1. The first-order valence-electron chi connectivity index (χ1n) is 3.84. The first kappa shape index (κ1) is 11.3. The number of halogens is 2. The second-order valence-electron chi connectivity index (χ2n) is 2.73. The van der Waals surface area contributed by atoms with Crippen molar-refractivity contribution >= 4 is 39.2 Å². The molecule has 0 amide bonds. The molecular weight excluding hydrogens is 269 g/mol. The fraction of sp³-hybridized carbons (Fsp3) is 0.222. The lowest BCUT2D eigenvalue weighted by molar-refractivity contribution is -0.139. The van der Waals surface area contributed by atoms with Gasteiger partial charge in [-0.05, 0) is 33.6 Å². The summed E-state index contributed by atoms with van der Waals surface area (Å²) in [5.41, 5.74) is 6.84. The van der Waals surface area contributed by atoms with Crippen LogP contribution in [0.5, 0.6) is 0 Å². The van der Waals surface area contributed by atoms with E-state index in [4.69, 9.17) is 17.3 Å². The smallest absolute Gasteiger partial charge is 0.309 e. The van der Waals surface area contributed by atoms with Crippen LogP contribution in [0.4, 0.5) is 5.69 Å². The van der Waals surface area contributed by atoms with E-state index in [0.29, 0.717) is 15.2 Å². The van der Waals surface area contributed by atoms with Crippen LogP contribution < -0.4 is 5.73 Å². The first-order chi connectivity index (χ1) is 6.54. The number of hydrogen-bond donors (Lipinski definition) is 1.